The van der Waals surface area contributed by atoms with Crippen LogP contribution in [0.2, 0.25) is 0 Å². The fourth-order valence-corrected chi connectivity index (χ4v) is 2.26. The first-order chi connectivity index (χ1) is 10.3. The minimum Gasteiger partial charge on any atom is -0.339 e. The molecule has 2 rings (SSSR count). The highest BCUT2D eigenvalue weighted by Gasteiger charge is 2.18. The summed E-state index contributed by atoms with van der Waals surface area (Å²) in [6, 6.07) is 1.59. The second kappa shape index (κ2) is 5.75. The van der Waals surface area contributed by atoms with Crippen molar-refractivity contribution in [1.82, 2.24) is 19.0 Å². The highest BCUT2D eigenvalue weighted by molar-refractivity contribution is 5.96. The number of nitrogens with zero attached hydrogens (tertiary/aromatic N) is 4. The van der Waals surface area contributed by atoms with E-state index >= 15 is 0 Å². The molecule has 1 amide bonds. The molecule has 0 radical (unpaired) electrons. The van der Waals surface area contributed by atoms with E-state index in [-0.39, 0.29) is 23.0 Å². The maximum atomic E-state index is 12.4. The van der Waals surface area contributed by atoms with Gasteiger partial charge in [0.25, 0.3) is 11.5 Å². The average molecular weight is 304 g/mol. The van der Waals surface area contributed by atoms with Gasteiger partial charge in [-0.15, -0.1) is 0 Å². The lowest BCUT2D eigenvalue weighted by Gasteiger charge is -2.23. The minimum atomic E-state index is -0.452. The molecule has 1 atom stereocenters. The van der Waals surface area contributed by atoms with Crippen LogP contribution in [0.25, 0.3) is 11.0 Å². The van der Waals surface area contributed by atoms with Crippen LogP contribution in [-0.4, -0.2) is 38.0 Å². The third kappa shape index (κ3) is 2.43. The third-order valence-electron chi connectivity index (χ3n) is 4.11. The number of aryl methyl sites for hydroxylation is 1. The number of aromatic nitrogens is 3. The van der Waals surface area contributed by atoms with E-state index in [4.69, 9.17) is 0 Å². The average Bonchev–Trinajstić information content (AvgIpc) is 2.55. The van der Waals surface area contributed by atoms with Crippen molar-refractivity contribution in [3.63, 3.8) is 0 Å². The zero-order valence-electron chi connectivity index (χ0n) is 13.5. The quantitative estimate of drug-likeness (QED) is 0.827. The molecule has 0 N–H and O–H groups in total. The first-order valence-electron chi connectivity index (χ1n) is 7.12. The zero-order valence-corrected chi connectivity index (χ0v) is 13.5. The van der Waals surface area contributed by atoms with Gasteiger partial charge in [-0.3, -0.25) is 18.7 Å². The highest BCUT2D eigenvalue weighted by atomic mass is 16.2. The Kier molecular flexibility index (Phi) is 4.16. The second-order valence-electron chi connectivity index (χ2n) is 5.47. The Hall–Kier alpha value is -2.44. The Morgan fingerprint density at radius 1 is 1.32 bits per heavy atom. The number of amides is 1. The molecule has 0 aliphatic rings. The van der Waals surface area contributed by atoms with E-state index in [0.717, 1.165) is 11.0 Å². The normalized spacial score (nSPS) is 12.4. The number of hydrogen-bond donors (Lipinski definition) is 0. The van der Waals surface area contributed by atoms with E-state index in [9.17, 15) is 14.4 Å². The van der Waals surface area contributed by atoms with Crippen LogP contribution in [0, 0.1) is 0 Å². The predicted octanol–water partition coefficient (Wildman–Crippen LogP) is 0.503. The van der Waals surface area contributed by atoms with Gasteiger partial charge >= 0.3 is 5.69 Å². The lowest BCUT2D eigenvalue weighted by Crippen LogP contribution is -2.38. The van der Waals surface area contributed by atoms with Crippen molar-refractivity contribution < 1.29 is 4.79 Å². The number of fused-ring (bicyclic) bond motifs is 1. The van der Waals surface area contributed by atoms with Gasteiger partial charge in [0.1, 0.15) is 5.65 Å². The van der Waals surface area contributed by atoms with Gasteiger partial charge in [-0.2, -0.15) is 0 Å². The molecule has 7 heteroatoms. The van der Waals surface area contributed by atoms with Crippen molar-refractivity contribution in [2.75, 3.05) is 7.05 Å². The van der Waals surface area contributed by atoms with Crippen LogP contribution >= 0.6 is 0 Å². The fourth-order valence-electron chi connectivity index (χ4n) is 2.26. The van der Waals surface area contributed by atoms with Crippen LogP contribution in [0.1, 0.15) is 30.6 Å². The van der Waals surface area contributed by atoms with E-state index in [0.29, 0.717) is 5.56 Å². The molecule has 2 aromatic rings. The molecule has 1 unspecified atom stereocenters. The molecule has 0 aromatic carbocycles. The summed E-state index contributed by atoms with van der Waals surface area (Å²) in [7, 11) is 4.67. The summed E-state index contributed by atoms with van der Waals surface area (Å²) in [6.45, 7) is 3.95. The standard InChI is InChI=1S/C15H20N4O3/c1-6-9(2)17(3)13(20)10-7-11-12(16-8-10)18(4)15(22)19(5)14(11)21/h7-9H,6H2,1-5H3. The van der Waals surface area contributed by atoms with Gasteiger partial charge in [-0.1, -0.05) is 6.92 Å². The van der Waals surface area contributed by atoms with E-state index in [1.165, 1.54) is 23.9 Å². The Bertz CT molecular complexity index is 850. The largest absolute Gasteiger partial charge is 0.339 e. The summed E-state index contributed by atoms with van der Waals surface area (Å²) >= 11 is 0. The zero-order chi connectivity index (χ0) is 16.6. The van der Waals surface area contributed by atoms with E-state index in [2.05, 4.69) is 4.98 Å². The van der Waals surface area contributed by atoms with Crippen molar-refractivity contribution >= 4 is 16.9 Å². The molecule has 2 heterocycles. The molecule has 0 saturated carbocycles. The lowest BCUT2D eigenvalue weighted by atomic mass is 10.1. The first kappa shape index (κ1) is 15.9. The molecule has 0 saturated heterocycles. The maximum absolute atomic E-state index is 12.4. The molecule has 0 aliphatic carbocycles. The molecule has 0 fully saturated rings. The SMILES string of the molecule is CCC(C)N(C)C(=O)c1cnc2c(c1)c(=O)n(C)c(=O)n2C. The van der Waals surface area contributed by atoms with Crippen molar-refractivity contribution in [3.8, 4) is 0 Å². The summed E-state index contributed by atoms with van der Waals surface area (Å²) in [5, 5.41) is 0.257. The van der Waals surface area contributed by atoms with E-state index in [1.54, 1.807) is 19.0 Å². The van der Waals surface area contributed by atoms with Gasteiger partial charge < -0.3 is 4.90 Å². The first-order valence-corrected chi connectivity index (χ1v) is 7.12. The molecule has 2 aromatic heterocycles. The molecule has 118 valence electrons. The maximum Gasteiger partial charge on any atom is 0.332 e. The molecular weight excluding hydrogens is 284 g/mol. The molecule has 22 heavy (non-hydrogen) atoms. The van der Waals surface area contributed by atoms with Crippen LogP contribution in [0.15, 0.2) is 21.9 Å². The summed E-state index contributed by atoms with van der Waals surface area (Å²) < 4.78 is 2.31. The van der Waals surface area contributed by atoms with Crippen molar-refractivity contribution in [1.29, 1.82) is 0 Å². The number of carbonyl (C=O) groups excluding carboxylic acids is 1. The fraction of sp³-hybridized carbons (Fsp3) is 0.467. The molecule has 0 aliphatic heterocycles. The lowest BCUT2D eigenvalue weighted by molar-refractivity contribution is 0.0740. The Labute approximate surface area is 127 Å². The van der Waals surface area contributed by atoms with Crippen molar-refractivity contribution in [2.45, 2.75) is 26.3 Å². The Balaban J connectivity index is 2.64. The van der Waals surface area contributed by atoms with Gasteiger partial charge in [0.05, 0.1) is 10.9 Å². The van der Waals surface area contributed by atoms with Gasteiger partial charge in [0.15, 0.2) is 0 Å². The van der Waals surface area contributed by atoms with Crippen LogP contribution in [-0.2, 0) is 14.1 Å². The summed E-state index contributed by atoms with van der Waals surface area (Å²) in [4.78, 5) is 42.3. The van der Waals surface area contributed by atoms with Gasteiger partial charge in [0, 0.05) is 33.4 Å². The third-order valence-corrected chi connectivity index (χ3v) is 4.11. The van der Waals surface area contributed by atoms with Crippen molar-refractivity contribution in [2.24, 2.45) is 14.1 Å². The van der Waals surface area contributed by atoms with Gasteiger partial charge in [0.2, 0.25) is 0 Å². The number of carbonyl (C=O) groups is 1. The van der Waals surface area contributed by atoms with Crippen LogP contribution in [0.5, 0.6) is 0 Å². The summed E-state index contributed by atoms with van der Waals surface area (Å²) in [6.07, 6.45) is 2.24. The number of pyridine rings is 1. The van der Waals surface area contributed by atoms with Gasteiger partial charge in [-0.25, -0.2) is 9.78 Å². The predicted molar refractivity (Wildman–Crippen MR) is 84.1 cm³/mol. The second-order valence-corrected chi connectivity index (χ2v) is 5.47. The van der Waals surface area contributed by atoms with Crippen LogP contribution in [0.3, 0.4) is 0 Å². The minimum absolute atomic E-state index is 0.0890. The van der Waals surface area contributed by atoms with E-state index in [1.807, 2.05) is 13.8 Å². The smallest absolute Gasteiger partial charge is 0.332 e. The Morgan fingerprint density at radius 3 is 2.55 bits per heavy atom. The van der Waals surface area contributed by atoms with Gasteiger partial charge in [-0.05, 0) is 19.4 Å². The Morgan fingerprint density at radius 2 is 1.95 bits per heavy atom. The van der Waals surface area contributed by atoms with Crippen LogP contribution < -0.4 is 11.2 Å². The topological polar surface area (TPSA) is 77.2 Å². The molecular formula is C15H20N4O3. The summed E-state index contributed by atoms with van der Waals surface area (Å²) in [5.41, 5.74) is -0.283. The number of hydrogen-bond acceptors (Lipinski definition) is 4. The molecule has 7 nitrogen and oxygen atoms in total. The monoisotopic (exact) mass is 304 g/mol. The number of rotatable bonds is 3. The molecule has 0 bridgehead atoms. The van der Waals surface area contributed by atoms with Crippen LogP contribution in [0.4, 0.5) is 0 Å². The van der Waals surface area contributed by atoms with E-state index < -0.39 is 11.2 Å². The van der Waals surface area contributed by atoms with Crippen molar-refractivity contribution in [3.05, 3.63) is 38.7 Å². The highest BCUT2D eigenvalue weighted by Crippen LogP contribution is 2.11. The summed E-state index contributed by atoms with van der Waals surface area (Å²) in [5.74, 6) is -0.195. The molecule has 0 spiro atoms.